The summed E-state index contributed by atoms with van der Waals surface area (Å²) < 4.78 is 1.66. The van der Waals surface area contributed by atoms with Crippen LogP contribution in [0, 0.1) is 17.2 Å². The van der Waals surface area contributed by atoms with E-state index in [1.54, 1.807) is 22.8 Å². The Morgan fingerprint density at radius 2 is 2.22 bits per heavy atom. The molecule has 0 bridgehead atoms. The van der Waals surface area contributed by atoms with Crippen LogP contribution in [0.25, 0.3) is 10.9 Å². The molecule has 3 rings (SSSR count). The topological polar surface area (TPSA) is 84.7 Å². The standard InChI is InChI=1S/C17H19ClN4O/c18-12-5-4-6-13-14(12)17(23)22(10-3-1-2-9-19)16(21-13)15(20)11-7-8-11/h4-6,11,15H,1-3,7-8,10,20H2. The van der Waals surface area contributed by atoms with Crippen LogP contribution in [0.3, 0.4) is 0 Å². The zero-order valence-corrected chi connectivity index (χ0v) is 13.6. The number of fused-ring (bicyclic) bond motifs is 1. The molecule has 5 nitrogen and oxygen atoms in total. The number of aromatic nitrogens is 2. The van der Waals surface area contributed by atoms with Crippen molar-refractivity contribution < 1.29 is 0 Å². The first-order valence-corrected chi connectivity index (χ1v) is 8.32. The minimum atomic E-state index is -0.220. The molecule has 1 aliphatic rings. The van der Waals surface area contributed by atoms with Gasteiger partial charge in [0, 0.05) is 13.0 Å². The van der Waals surface area contributed by atoms with Crippen LogP contribution in [-0.2, 0) is 6.54 Å². The number of nitrogens with zero attached hydrogens (tertiary/aromatic N) is 3. The van der Waals surface area contributed by atoms with Crippen molar-refractivity contribution in [2.75, 3.05) is 0 Å². The van der Waals surface area contributed by atoms with E-state index >= 15 is 0 Å². The molecule has 1 fully saturated rings. The third-order valence-corrected chi connectivity index (χ3v) is 4.63. The normalized spacial score (nSPS) is 15.5. The zero-order valence-electron chi connectivity index (χ0n) is 12.8. The Morgan fingerprint density at radius 1 is 1.43 bits per heavy atom. The zero-order chi connectivity index (χ0) is 16.4. The Labute approximate surface area is 139 Å². The minimum absolute atomic E-state index is 0.136. The number of hydrogen-bond donors (Lipinski definition) is 1. The van der Waals surface area contributed by atoms with Crippen molar-refractivity contribution in [2.45, 2.75) is 44.7 Å². The molecule has 120 valence electrons. The van der Waals surface area contributed by atoms with E-state index in [1.807, 2.05) is 0 Å². The molecule has 2 N–H and O–H groups in total. The number of benzene rings is 1. The molecule has 1 aliphatic carbocycles. The molecule has 0 saturated heterocycles. The lowest BCUT2D eigenvalue weighted by molar-refractivity contribution is 0.503. The molecule has 0 aliphatic heterocycles. The smallest absolute Gasteiger partial charge is 0.262 e. The molecule has 1 saturated carbocycles. The van der Waals surface area contributed by atoms with Gasteiger partial charge in [0.2, 0.25) is 0 Å². The summed E-state index contributed by atoms with van der Waals surface area (Å²) in [5.41, 5.74) is 6.79. The summed E-state index contributed by atoms with van der Waals surface area (Å²) in [6.07, 6.45) is 4.15. The van der Waals surface area contributed by atoms with Crippen LogP contribution < -0.4 is 11.3 Å². The van der Waals surface area contributed by atoms with Crippen molar-refractivity contribution >= 4 is 22.5 Å². The van der Waals surface area contributed by atoms with Gasteiger partial charge >= 0.3 is 0 Å². The van der Waals surface area contributed by atoms with E-state index < -0.39 is 0 Å². The van der Waals surface area contributed by atoms with Gasteiger partial charge < -0.3 is 5.73 Å². The molecule has 6 heteroatoms. The Balaban J connectivity index is 2.07. The van der Waals surface area contributed by atoms with E-state index in [1.165, 1.54) is 0 Å². The maximum absolute atomic E-state index is 12.9. The summed E-state index contributed by atoms with van der Waals surface area (Å²) in [5.74, 6) is 1.05. The fraction of sp³-hybridized carbons (Fsp3) is 0.471. The van der Waals surface area contributed by atoms with E-state index in [2.05, 4.69) is 11.1 Å². The van der Waals surface area contributed by atoms with Crippen molar-refractivity contribution in [1.29, 1.82) is 5.26 Å². The lowest BCUT2D eigenvalue weighted by atomic mass is 10.1. The fourth-order valence-corrected chi connectivity index (χ4v) is 3.10. The average Bonchev–Trinajstić information content (AvgIpc) is 3.37. The van der Waals surface area contributed by atoms with Gasteiger partial charge in [-0.25, -0.2) is 4.98 Å². The lowest BCUT2D eigenvalue weighted by Gasteiger charge is -2.18. The molecular formula is C17H19ClN4O. The van der Waals surface area contributed by atoms with Crippen LogP contribution in [0.15, 0.2) is 23.0 Å². The molecule has 1 heterocycles. The molecule has 1 unspecified atom stereocenters. The first-order chi connectivity index (χ1) is 11.1. The second-order valence-electron chi connectivity index (χ2n) is 6.04. The number of nitrogens with two attached hydrogens (primary N) is 1. The van der Waals surface area contributed by atoms with Gasteiger partial charge in [0.1, 0.15) is 5.82 Å². The van der Waals surface area contributed by atoms with Crippen molar-refractivity contribution in [3.63, 3.8) is 0 Å². The predicted octanol–water partition coefficient (Wildman–Crippen LogP) is 3.15. The summed E-state index contributed by atoms with van der Waals surface area (Å²) in [5, 5.41) is 9.51. The summed E-state index contributed by atoms with van der Waals surface area (Å²) in [6.45, 7) is 0.518. The van der Waals surface area contributed by atoms with Gasteiger partial charge in [-0.2, -0.15) is 5.26 Å². The van der Waals surface area contributed by atoms with Crippen molar-refractivity contribution in [1.82, 2.24) is 9.55 Å². The predicted molar refractivity (Wildman–Crippen MR) is 90.1 cm³/mol. The highest BCUT2D eigenvalue weighted by Gasteiger charge is 2.32. The Hall–Kier alpha value is -1.90. The van der Waals surface area contributed by atoms with Gasteiger partial charge in [-0.15, -0.1) is 0 Å². The van der Waals surface area contributed by atoms with Gasteiger partial charge in [0.15, 0.2) is 0 Å². The monoisotopic (exact) mass is 330 g/mol. The summed E-state index contributed by atoms with van der Waals surface area (Å²) in [6, 6.07) is 7.20. The highest BCUT2D eigenvalue weighted by atomic mass is 35.5. The number of unbranched alkanes of at least 4 members (excludes halogenated alkanes) is 2. The van der Waals surface area contributed by atoms with Gasteiger partial charge in [-0.3, -0.25) is 9.36 Å². The van der Waals surface area contributed by atoms with Gasteiger partial charge in [-0.1, -0.05) is 17.7 Å². The molecule has 1 aromatic carbocycles. The Kier molecular flexibility index (Phi) is 4.65. The molecule has 1 aromatic heterocycles. The molecule has 0 radical (unpaired) electrons. The van der Waals surface area contributed by atoms with Crippen molar-refractivity contribution in [2.24, 2.45) is 11.7 Å². The molecular weight excluding hydrogens is 312 g/mol. The molecule has 23 heavy (non-hydrogen) atoms. The van der Waals surface area contributed by atoms with Crippen LogP contribution in [0.5, 0.6) is 0 Å². The average molecular weight is 331 g/mol. The largest absolute Gasteiger partial charge is 0.321 e. The molecule has 0 amide bonds. The van der Waals surface area contributed by atoms with Crippen LogP contribution in [-0.4, -0.2) is 9.55 Å². The second kappa shape index (κ2) is 6.69. The van der Waals surface area contributed by atoms with Crippen LogP contribution in [0.1, 0.15) is 44.0 Å². The van der Waals surface area contributed by atoms with Gasteiger partial charge in [0.25, 0.3) is 5.56 Å². The maximum Gasteiger partial charge on any atom is 0.262 e. The first kappa shape index (κ1) is 16.0. The maximum atomic E-state index is 12.9. The van der Waals surface area contributed by atoms with Crippen LogP contribution >= 0.6 is 11.6 Å². The van der Waals surface area contributed by atoms with E-state index in [0.717, 1.165) is 25.7 Å². The van der Waals surface area contributed by atoms with Gasteiger partial charge in [-0.05, 0) is 43.7 Å². The van der Waals surface area contributed by atoms with Crippen molar-refractivity contribution in [3.05, 3.63) is 39.4 Å². The second-order valence-corrected chi connectivity index (χ2v) is 6.45. The van der Waals surface area contributed by atoms with Gasteiger partial charge in [0.05, 0.1) is 28.0 Å². The number of hydrogen-bond acceptors (Lipinski definition) is 4. The van der Waals surface area contributed by atoms with Crippen LogP contribution in [0.4, 0.5) is 0 Å². The highest BCUT2D eigenvalue weighted by molar-refractivity contribution is 6.35. The number of halogens is 1. The summed E-state index contributed by atoms with van der Waals surface area (Å²) in [7, 11) is 0. The highest BCUT2D eigenvalue weighted by Crippen LogP contribution is 2.39. The van der Waals surface area contributed by atoms with Crippen LogP contribution in [0.2, 0.25) is 5.02 Å². The van der Waals surface area contributed by atoms with E-state index in [-0.39, 0.29) is 11.6 Å². The molecule has 0 spiro atoms. The SMILES string of the molecule is N#CCCCCn1c(C(N)C2CC2)nc2cccc(Cl)c2c1=O. The summed E-state index contributed by atoms with van der Waals surface area (Å²) in [4.78, 5) is 17.5. The third kappa shape index (κ3) is 3.24. The van der Waals surface area contributed by atoms with E-state index in [4.69, 9.17) is 22.6 Å². The molecule has 1 atom stereocenters. The Morgan fingerprint density at radius 3 is 2.91 bits per heavy atom. The number of nitriles is 1. The summed E-state index contributed by atoms with van der Waals surface area (Å²) >= 11 is 6.20. The first-order valence-electron chi connectivity index (χ1n) is 7.95. The van der Waals surface area contributed by atoms with E-state index in [0.29, 0.717) is 40.6 Å². The minimum Gasteiger partial charge on any atom is -0.321 e. The van der Waals surface area contributed by atoms with Crippen molar-refractivity contribution in [3.8, 4) is 6.07 Å². The quantitative estimate of drug-likeness (QED) is 0.824. The number of rotatable bonds is 6. The third-order valence-electron chi connectivity index (χ3n) is 4.31. The van der Waals surface area contributed by atoms with E-state index in [9.17, 15) is 4.79 Å². The lowest BCUT2D eigenvalue weighted by Crippen LogP contribution is -2.30. The molecule has 2 aromatic rings. The Bertz CT molecular complexity index is 820. The fourth-order valence-electron chi connectivity index (χ4n) is 2.85.